The topological polar surface area (TPSA) is 40.6 Å². The SMILES string of the molecule is CC12Cc3ccccc3N1S(=O)(=O)N(Cc1ccccc1)C2. The maximum atomic E-state index is 13.0. The number of hydrogen-bond donors (Lipinski definition) is 0. The van der Waals surface area contributed by atoms with Crippen LogP contribution >= 0.6 is 0 Å². The number of benzene rings is 2. The van der Waals surface area contributed by atoms with Crippen molar-refractivity contribution in [2.24, 2.45) is 0 Å². The maximum Gasteiger partial charge on any atom is 0.305 e. The van der Waals surface area contributed by atoms with Crippen molar-refractivity contribution in [2.75, 3.05) is 10.8 Å². The highest BCUT2D eigenvalue weighted by Crippen LogP contribution is 2.46. The Morgan fingerprint density at radius 3 is 2.50 bits per heavy atom. The van der Waals surface area contributed by atoms with Crippen molar-refractivity contribution in [1.82, 2.24) is 4.31 Å². The van der Waals surface area contributed by atoms with Gasteiger partial charge >= 0.3 is 10.2 Å². The van der Waals surface area contributed by atoms with Gasteiger partial charge in [-0.3, -0.25) is 0 Å². The molecule has 0 amide bonds. The van der Waals surface area contributed by atoms with E-state index in [2.05, 4.69) is 0 Å². The second-order valence-corrected chi connectivity index (χ2v) is 8.11. The summed E-state index contributed by atoms with van der Waals surface area (Å²) in [6.07, 6.45) is 0.772. The van der Waals surface area contributed by atoms with Gasteiger partial charge in [0.15, 0.2) is 0 Å². The van der Waals surface area contributed by atoms with Crippen LogP contribution in [0.5, 0.6) is 0 Å². The molecular formula is C17H18N2O2S. The molecule has 22 heavy (non-hydrogen) atoms. The largest absolute Gasteiger partial charge is 0.305 e. The van der Waals surface area contributed by atoms with Crippen molar-refractivity contribution in [3.05, 3.63) is 65.7 Å². The van der Waals surface area contributed by atoms with E-state index in [1.165, 1.54) is 0 Å². The average molecular weight is 314 g/mol. The third kappa shape index (κ3) is 1.89. The van der Waals surface area contributed by atoms with E-state index in [1.54, 1.807) is 8.61 Å². The van der Waals surface area contributed by atoms with Crippen molar-refractivity contribution < 1.29 is 8.42 Å². The summed E-state index contributed by atoms with van der Waals surface area (Å²) in [7, 11) is -3.47. The molecule has 114 valence electrons. The van der Waals surface area contributed by atoms with Crippen LogP contribution in [-0.4, -0.2) is 24.8 Å². The molecule has 0 N–H and O–H groups in total. The molecule has 0 radical (unpaired) electrons. The zero-order valence-corrected chi connectivity index (χ0v) is 13.3. The summed E-state index contributed by atoms with van der Waals surface area (Å²) in [6.45, 7) is 2.99. The molecule has 4 rings (SSSR count). The Hall–Kier alpha value is -1.85. The van der Waals surface area contributed by atoms with E-state index in [9.17, 15) is 8.42 Å². The summed E-state index contributed by atoms with van der Waals surface area (Å²) in [4.78, 5) is 0. The predicted octanol–water partition coefficient (Wildman–Crippen LogP) is 2.57. The smallest absolute Gasteiger partial charge is 0.250 e. The average Bonchev–Trinajstić information content (AvgIpc) is 2.89. The van der Waals surface area contributed by atoms with Crippen molar-refractivity contribution in [3.8, 4) is 0 Å². The van der Waals surface area contributed by atoms with Crippen LogP contribution in [0, 0.1) is 0 Å². The monoisotopic (exact) mass is 314 g/mol. The Balaban J connectivity index is 1.73. The Morgan fingerprint density at radius 2 is 1.73 bits per heavy atom. The molecule has 0 bridgehead atoms. The second-order valence-electron chi connectivity index (χ2n) is 6.33. The first-order chi connectivity index (χ1) is 10.5. The van der Waals surface area contributed by atoms with Crippen LogP contribution in [-0.2, 0) is 23.2 Å². The van der Waals surface area contributed by atoms with E-state index < -0.39 is 10.2 Å². The van der Waals surface area contributed by atoms with Gasteiger partial charge < -0.3 is 0 Å². The third-order valence-electron chi connectivity index (χ3n) is 4.55. The summed E-state index contributed by atoms with van der Waals surface area (Å²) >= 11 is 0. The number of rotatable bonds is 2. The molecule has 2 aliphatic heterocycles. The summed E-state index contributed by atoms with van der Waals surface area (Å²) in [5.41, 5.74) is 2.59. The molecule has 5 heteroatoms. The van der Waals surface area contributed by atoms with Crippen molar-refractivity contribution >= 4 is 15.9 Å². The number of fused-ring (bicyclic) bond motifs is 3. The normalized spacial score (nSPS) is 26.0. The lowest BCUT2D eigenvalue weighted by atomic mass is 9.97. The fourth-order valence-electron chi connectivity index (χ4n) is 3.66. The Bertz CT molecular complexity index is 820. The van der Waals surface area contributed by atoms with E-state index in [4.69, 9.17) is 0 Å². The lowest BCUT2D eigenvalue weighted by Crippen LogP contribution is -2.42. The molecule has 2 heterocycles. The van der Waals surface area contributed by atoms with Crippen LogP contribution in [0.15, 0.2) is 54.6 Å². The van der Waals surface area contributed by atoms with Crippen LogP contribution in [0.25, 0.3) is 0 Å². The van der Waals surface area contributed by atoms with Crippen LogP contribution in [0.1, 0.15) is 18.1 Å². The predicted molar refractivity (Wildman–Crippen MR) is 86.8 cm³/mol. The first kappa shape index (κ1) is 13.8. The summed E-state index contributed by atoms with van der Waals surface area (Å²) < 4.78 is 29.2. The molecule has 0 saturated carbocycles. The fourth-order valence-corrected chi connectivity index (χ4v) is 5.75. The Kier molecular flexibility index (Phi) is 2.86. The summed E-state index contributed by atoms with van der Waals surface area (Å²) in [5, 5.41) is 0. The van der Waals surface area contributed by atoms with Gasteiger partial charge in [0.05, 0.1) is 11.2 Å². The van der Waals surface area contributed by atoms with Gasteiger partial charge in [0.25, 0.3) is 0 Å². The molecule has 0 aromatic heterocycles. The second kappa shape index (κ2) is 4.57. The zero-order chi connectivity index (χ0) is 15.4. The molecule has 2 aromatic carbocycles. The summed E-state index contributed by atoms with van der Waals surface area (Å²) in [5.74, 6) is 0. The van der Waals surface area contributed by atoms with Gasteiger partial charge in [0.1, 0.15) is 0 Å². The lowest BCUT2D eigenvalue weighted by molar-refractivity contribution is 0.373. The molecular weight excluding hydrogens is 296 g/mol. The minimum atomic E-state index is -3.47. The molecule has 2 aromatic rings. The molecule has 0 spiro atoms. The minimum Gasteiger partial charge on any atom is -0.250 e. The maximum absolute atomic E-state index is 13.0. The molecule has 4 nitrogen and oxygen atoms in total. The van der Waals surface area contributed by atoms with Crippen LogP contribution < -0.4 is 4.31 Å². The highest BCUT2D eigenvalue weighted by molar-refractivity contribution is 7.90. The molecule has 1 saturated heterocycles. The Morgan fingerprint density at radius 1 is 1.05 bits per heavy atom. The van der Waals surface area contributed by atoms with Gasteiger partial charge in [0, 0.05) is 13.1 Å². The lowest BCUT2D eigenvalue weighted by Gasteiger charge is -2.25. The van der Waals surface area contributed by atoms with Crippen molar-refractivity contribution in [1.29, 1.82) is 0 Å². The van der Waals surface area contributed by atoms with E-state index in [1.807, 2.05) is 61.5 Å². The van der Waals surface area contributed by atoms with Crippen molar-refractivity contribution in [3.63, 3.8) is 0 Å². The van der Waals surface area contributed by atoms with E-state index in [0.717, 1.165) is 23.2 Å². The van der Waals surface area contributed by atoms with E-state index in [-0.39, 0.29) is 5.54 Å². The van der Waals surface area contributed by atoms with Crippen LogP contribution in [0.3, 0.4) is 0 Å². The van der Waals surface area contributed by atoms with Gasteiger partial charge in [-0.2, -0.15) is 12.7 Å². The summed E-state index contributed by atoms with van der Waals surface area (Å²) in [6, 6.07) is 17.6. The number of para-hydroxylation sites is 1. The minimum absolute atomic E-state index is 0.378. The molecule has 2 aliphatic rings. The van der Waals surface area contributed by atoms with Gasteiger partial charge in [0.2, 0.25) is 0 Å². The van der Waals surface area contributed by atoms with Gasteiger partial charge in [-0.25, -0.2) is 4.31 Å². The molecule has 1 unspecified atom stereocenters. The quantitative estimate of drug-likeness (QED) is 0.855. The molecule has 0 aliphatic carbocycles. The van der Waals surface area contributed by atoms with Crippen LogP contribution in [0.4, 0.5) is 5.69 Å². The van der Waals surface area contributed by atoms with E-state index in [0.29, 0.717) is 13.1 Å². The number of anilines is 1. The van der Waals surface area contributed by atoms with Gasteiger partial charge in [-0.15, -0.1) is 0 Å². The van der Waals surface area contributed by atoms with Gasteiger partial charge in [-0.05, 0) is 30.5 Å². The Labute approximate surface area is 131 Å². The first-order valence-corrected chi connectivity index (χ1v) is 8.83. The highest BCUT2D eigenvalue weighted by Gasteiger charge is 2.55. The number of nitrogens with zero attached hydrogens (tertiary/aromatic N) is 2. The van der Waals surface area contributed by atoms with Gasteiger partial charge in [-0.1, -0.05) is 48.5 Å². The standard InChI is InChI=1S/C17H18N2O2S/c1-17-11-15-9-5-6-10-16(15)19(17)22(20,21)18(13-17)12-14-7-3-2-4-8-14/h2-10H,11-13H2,1H3. The third-order valence-corrected chi connectivity index (χ3v) is 6.56. The molecule has 1 atom stereocenters. The van der Waals surface area contributed by atoms with Crippen molar-refractivity contribution in [2.45, 2.75) is 25.4 Å². The highest BCUT2D eigenvalue weighted by atomic mass is 32.2. The zero-order valence-electron chi connectivity index (χ0n) is 12.4. The van der Waals surface area contributed by atoms with Crippen LogP contribution in [0.2, 0.25) is 0 Å². The van der Waals surface area contributed by atoms with E-state index >= 15 is 0 Å². The first-order valence-electron chi connectivity index (χ1n) is 7.43. The number of hydrogen-bond acceptors (Lipinski definition) is 2. The molecule has 1 fully saturated rings. The fraction of sp³-hybridized carbons (Fsp3) is 0.294.